The van der Waals surface area contributed by atoms with Crippen molar-refractivity contribution in [2.75, 3.05) is 0 Å². The lowest BCUT2D eigenvalue weighted by atomic mass is 9.78. The zero-order chi connectivity index (χ0) is 18.5. The Morgan fingerprint density at radius 3 is 1.75 bits per heavy atom. The fraction of sp³-hybridized carbons (Fsp3) is 0.684. The lowest BCUT2D eigenvalue weighted by Gasteiger charge is -2.36. The fourth-order valence-corrected chi connectivity index (χ4v) is 2.90. The molecule has 0 saturated heterocycles. The van der Waals surface area contributed by atoms with Crippen LogP contribution in [0.3, 0.4) is 0 Å². The first kappa shape index (κ1) is 21.4. The molecule has 0 aliphatic carbocycles. The molecule has 0 amide bonds. The van der Waals surface area contributed by atoms with Crippen molar-refractivity contribution >= 4 is 20.9 Å². The normalized spacial score (nSPS) is 13.0. The van der Waals surface area contributed by atoms with E-state index in [0.717, 1.165) is 5.46 Å². The molecule has 0 N–H and O–H groups in total. The number of hydrogen-bond acceptors (Lipinski definition) is 3. The van der Waals surface area contributed by atoms with Gasteiger partial charge in [-0.15, -0.1) is 0 Å². The number of rotatable bonds is 8. The molecule has 0 fully saturated rings. The SMILES string of the molecule is CC(C)OB(OC(C)C)c1ccc(CO[Si](C)(C)C(C)(C)C)cc1. The van der Waals surface area contributed by atoms with E-state index in [2.05, 4.69) is 58.1 Å². The molecule has 1 rings (SSSR count). The van der Waals surface area contributed by atoms with Gasteiger partial charge in [0.25, 0.3) is 0 Å². The predicted molar refractivity (Wildman–Crippen MR) is 106 cm³/mol. The van der Waals surface area contributed by atoms with Crippen LogP contribution < -0.4 is 5.46 Å². The Labute approximate surface area is 150 Å². The molecular weight excluding hydrogens is 315 g/mol. The summed E-state index contributed by atoms with van der Waals surface area (Å²) in [6.07, 6.45) is 0.241. The Kier molecular flexibility index (Phi) is 7.73. The monoisotopic (exact) mass is 350 g/mol. The molecule has 0 radical (unpaired) electrons. The molecule has 0 aliphatic heterocycles. The molecular formula is C19H35BO3Si. The molecule has 1 aromatic carbocycles. The second-order valence-corrected chi connectivity index (χ2v) is 13.3. The van der Waals surface area contributed by atoms with Gasteiger partial charge in [0.15, 0.2) is 8.32 Å². The Hall–Kier alpha value is -0.618. The summed E-state index contributed by atoms with van der Waals surface area (Å²) in [5, 5.41) is 0.230. The van der Waals surface area contributed by atoms with Gasteiger partial charge in [-0.1, -0.05) is 45.0 Å². The maximum Gasteiger partial charge on any atom is 0.494 e. The summed E-state index contributed by atoms with van der Waals surface area (Å²) in [6, 6.07) is 8.39. The molecule has 5 heteroatoms. The molecule has 0 unspecified atom stereocenters. The molecule has 3 nitrogen and oxygen atoms in total. The van der Waals surface area contributed by atoms with Gasteiger partial charge in [0.05, 0.1) is 6.61 Å². The summed E-state index contributed by atoms with van der Waals surface area (Å²) in [5.74, 6) is 0. The highest BCUT2D eigenvalue weighted by molar-refractivity contribution is 6.74. The Morgan fingerprint density at radius 2 is 1.38 bits per heavy atom. The van der Waals surface area contributed by atoms with E-state index in [1.165, 1.54) is 5.56 Å². The van der Waals surface area contributed by atoms with Crippen LogP contribution in [-0.4, -0.2) is 27.6 Å². The van der Waals surface area contributed by atoms with E-state index in [9.17, 15) is 0 Å². The molecule has 0 aliphatic rings. The summed E-state index contributed by atoms with van der Waals surface area (Å²) in [5.41, 5.74) is 2.24. The van der Waals surface area contributed by atoms with Gasteiger partial charge in [-0.3, -0.25) is 0 Å². The standard InChI is InChI=1S/C19H35BO3Si/c1-15(2)22-20(23-16(3)4)18-12-10-17(11-13-18)14-21-24(8,9)19(5,6)7/h10-13,15-16H,14H2,1-9H3. The highest BCUT2D eigenvalue weighted by Gasteiger charge is 2.37. The van der Waals surface area contributed by atoms with Crippen molar-refractivity contribution in [2.24, 2.45) is 0 Å². The molecule has 0 aromatic heterocycles. The molecule has 136 valence electrons. The lowest BCUT2D eigenvalue weighted by molar-refractivity contribution is 0.139. The van der Waals surface area contributed by atoms with Crippen LogP contribution in [0.4, 0.5) is 0 Å². The van der Waals surface area contributed by atoms with Gasteiger partial charge in [0, 0.05) is 12.2 Å². The minimum atomic E-state index is -1.72. The molecule has 1 aromatic rings. The quantitative estimate of drug-likeness (QED) is 0.633. The highest BCUT2D eigenvalue weighted by Crippen LogP contribution is 2.36. The summed E-state index contributed by atoms with van der Waals surface area (Å²) >= 11 is 0. The fourth-order valence-electron chi connectivity index (χ4n) is 1.93. The summed E-state index contributed by atoms with van der Waals surface area (Å²) in [6.45, 7) is 20.1. The van der Waals surface area contributed by atoms with E-state index in [0.29, 0.717) is 6.61 Å². The van der Waals surface area contributed by atoms with Crippen molar-refractivity contribution in [2.45, 2.75) is 85.4 Å². The Balaban J connectivity index is 2.76. The third-order valence-corrected chi connectivity index (χ3v) is 8.93. The van der Waals surface area contributed by atoms with E-state index in [1.54, 1.807) is 0 Å². The first-order chi connectivity index (χ1) is 10.9. The zero-order valence-electron chi connectivity index (χ0n) is 17.0. The van der Waals surface area contributed by atoms with Gasteiger partial charge in [-0.05, 0) is 56.9 Å². The topological polar surface area (TPSA) is 27.7 Å². The third kappa shape index (κ3) is 6.71. The summed E-state index contributed by atoms with van der Waals surface area (Å²) in [7, 11) is -2.04. The van der Waals surface area contributed by atoms with Gasteiger partial charge < -0.3 is 13.7 Å². The number of hydrogen-bond donors (Lipinski definition) is 0. The van der Waals surface area contributed by atoms with Gasteiger partial charge in [0.1, 0.15) is 0 Å². The first-order valence-corrected chi connectivity index (χ1v) is 11.9. The van der Waals surface area contributed by atoms with Crippen molar-refractivity contribution in [1.82, 2.24) is 0 Å². The van der Waals surface area contributed by atoms with Crippen LogP contribution in [0.5, 0.6) is 0 Å². The van der Waals surface area contributed by atoms with E-state index in [1.807, 2.05) is 27.7 Å². The van der Waals surface area contributed by atoms with Crippen LogP contribution in [0, 0.1) is 0 Å². The minimum absolute atomic E-state index is 0.121. The Morgan fingerprint density at radius 1 is 0.917 bits per heavy atom. The maximum atomic E-state index is 6.29. The van der Waals surface area contributed by atoms with E-state index >= 15 is 0 Å². The van der Waals surface area contributed by atoms with Gasteiger partial charge in [-0.25, -0.2) is 0 Å². The average molecular weight is 350 g/mol. The third-order valence-electron chi connectivity index (χ3n) is 4.45. The van der Waals surface area contributed by atoms with Crippen molar-refractivity contribution in [3.8, 4) is 0 Å². The molecule has 0 saturated carbocycles. The van der Waals surface area contributed by atoms with Crippen molar-refractivity contribution in [3.05, 3.63) is 29.8 Å². The summed E-state index contributed by atoms with van der Waals surface area (Å²) < 4.78 is 18.1. The van der Waals surface area contributed by atoms with Gasteiger partial charge >= 0.3 is 7.12 Å². The minimum Gasteiger partial charge on any atom is -0.413 e. The van der Waals surface area contributed by atoms with Crippen LogP contribution in [0.15, 0.2) is 24.3 Å². The summed E-state index contributed by atoms with van der Waals surface area (Å²) in [4.78, 5) is 0. The predicted octanol–water partition coefficient (Wildman–Crippen LogP) is 4.75. The molecule has 0 heterocycles. The van der Waals surface area contributed by atoms with Crippen LogP contribution >= 0.6 is 0 Å². The zero-order valence-corrected chi connectivity index (χ0v) is 18.0. The molecule has 0 atom stereocenters. The van der Waals surface area contributed by atoms with E-state index < -0.39 is 8.32 Å². The average Bonchev–Trinajstić information content (AvgIpc) is 2.43. The second-order valence-electron chi connectivity index (χ2n) is 8.49. The maximum absolute atomic E-state index is 6.29. The van der Waals surface area contributed by atoms with Crippen LogP contribution in [0.1, 0.15) is 54.0 Å². The van der Waals surface area contributed by atoms with Gasteiger partial charge in [-0.2, -0.15) is 0 Å². The Bertz CT molecular complexity index is 482. The molecule has 0 spiro atoms. The van der Waals surface area contributed by atoms with Gasteiger partial charge in [0.2, 0.25) is 0 Å². The van der Waals surface area contributed by atoms with Crippen LogP contribution in [0.2, 0.25) is 18.1 Å². The van der Waals surface area contributed by atoms with Crippen molar-refractivity contribution in [1.29, 1.82) is 0 Å². The van der Waals surface area contributed by atoms with E-state index in [4.69, 9.17) is 13.7 Å². The van der Waals surface area contributed by atoms with E-state index in [-0.39, 0.29) is 24.4 Å². The number of benzene rings is 1. The van der Waals surface area contributed by atoms with Crippen LogP contribution in [0.25, 0.3) is 0 Å². The van der Waals surface area contributed by atoms with Crippen molar-refractivity contribution < 1.29 is 13.7 Å². The highest BCUT2D eigenvalue weighted by atomic mass is 28.4. The first-order valence-electron chi connectivity index (χ1n) is 8.96. The largest absolute Gasteiger partial charge is 0.494 e. The second kappa shape index (κ2) is 8.66. The van der Waals surface area contributed by atoms with Crippen LogP contribution in [-0.2, 0) is 20.3 Å². The van der Waals surface area contributed by atoms with Crippen molar-refractivity contribution in [3.63, 3.8) is 0 Å². The lowest BCUT2D eigenvalue weighted by Crippen LogP contribution is -2.41. The smallest absolute Gasteiger partial charge is 0.413 e. The molecule has 24 heavy (non-hydrogen) atoms. The molecule has 0 bridgehead atoms.